The van der Waals surface area contributed by atoms with Crippen LogP contribution in [0.2, 0.25) is 0 Å². The van der Waals surface area contributed by atoms with Crippen molar-refractivity contribution in [1.29, 1.82) is 0 Å². The maximum atomic E-state index is 13.2. The Kier molecular flexibility index (Phi) is 8.52. The highest BCUT2D eigenvalue weighted by Gasteiger charge is 2.25. The number of rotatable bonds is 8. The third-order valence-electron chi connectivity index (χ3n) is 6.72. The van der Waals surface area contributed by atoms with Gasteiger partial charge in [-0.3, -0.25) is 4.79 Å². The molecule has 3 aromatic carbocycles. The Morgan fingerprint density at radius 2 is 1.41 bits per heavy atom. The summed E-state index contributed by atoms with van der Waals surface area (Å²) in [4.78, 5) is 32.3. The number of carbonyl (C=O) groups excluding carboxylic acids is 2. The molecule has 6 heteroatoms. The summed E-state index contributed by atoms with van der Waals surface area (Å²) in [5, 5.41) is 0. The summed E-state index contributed by atoms with van der Waals surface area (Å²) < 4.78 is 5.46. The first-order chi connectivity index (χ1) is 17.9. The Bertz CT molecular complexity index is 1230. The van der Waals surface area contributed by atoms with Crippen LogP contribution >= 0.6 is 0 Å². The molecule has 1 fully saturated rings. The first-order valence-electron chi connectivity index (χ1n) is 12.6. The van der Waals surface area contributed by atoms with Gasteiger partial charge in [-0.15, -0.1) is 0 Å². The molecule has 1 aliphatic rings. The topological polar surface area (TPSA) is 85.0 Å². The highest BCUT2D eigenvalue weighted by atomic mass is 16.6. The molecule has 0 spiro atoms. The van der Waals surface area contributed by atoms with Crippen molar-refractivity contribution in [2.45, 2.75) is 38.6 Å². The fraction of sp³-hybridized carbons (Fsp3) is 0.258. The number of benzene rings is 3. The highest BCUT2D eigenvalue weighted by Crippen LogP contribution is 2.24. The van der Waals surface area contributed by atoms with E-state index in [-0.39, 0.29) is 24.0 Å². The van der Waals surface area contributed by atoms with Gasteiger partial charge in [0.1, 0.15) is 6.61 Å². The Balaban J connectivity index is 1.50. The molecule has 1 amide bonds. The molecule has 190 valence electrons. The van der Waals surface area contributed by atoms with Crippen LogP contribution in [-0.4, -0.2) is 42.2 Å². The Labute approximate surface area is 218 Å². The molecular formula is C31H33N3O3. The predicted molar refractivity (Wildman–Crippen MR) is 147 cm³/mol. The molecule has 0 aliphatic heterocycles. The van der Waals surface area contributed by atoms with Crippen LogP contribution in [0.15, 0.2) is 101 Å². The van der Waals surface area contributed by atoms with E-state index in [1.807, 2.05) is 72.8 Å². The number of Topliss-reactive ketones (excluding diaryl/α,β-unsaturated/α-hetero) is 1. The van der Waals surface area contributed by atoms with E-state index in [2.05, 4.69) is 0 Å². The van der Waals surface area contributed by atoms with Gasteiger partial charge in [0.2, 0.25) is 0 Å². The van der Waals surface area contributed by atoms with Crippen LogP contribution in [-0.2, 0) is 4.74 Å². The van der Waals surface area contributed by atoms with Gasteiger partial charge < -0.3 is 15.4 Å². The number of aliphatic imine (C=N–C) groups is 1. The molecule has 3 aromatic rings. The lowest BCUT2D eigenvalue weighted by Crippen LogP contribution is -2.36. The average molecular weight is 496 g/mol. The van der Waals surface area contributed by atoms with Crippen LogP contribution in [0.1, 0.15) is 54.1 Å². The minimum Gasteiger partial charge on any atom is -0.444 e. The van der Waals surface area contributed by atoms with E-state index in [0.717, 1.165) is 48.2 Å². The molecule has 2 N–H and O–H groups in total. The van der Waals surface area contributed by atoms with E-state index in [4.69, 9.17) is 15.5 Å². The maximum Gasteiger partial charge on any atom is 0.410 e. The summed E-state index contributed by atoms with van der Waals surface area (Å²) in [6, 6.07) is 27.2. The number of hydrogen-bond donors (Lipinski definition) is 1. The van der Waals surface area contributed by atoms with Gasteiger partial charge in [0.05, 0.1) is 17.0 Å². The lowest BCUT2D eigenvalue weighted by atomic mass is 10.0. The summed E-state index contributed by atoms with van der Waals surface area (Å²) in [5.41, 5.74) is 10.7. The zero-order valence-corrected chi connectivity index (χ0v) is 21.4. The number of allylic oxidation sites excluding steroid dienone is 1. The summed E-state index contributed by atoms with van der Waals surface area (Å²) >= 11 is 0. The molecule has 0 unspecified atom stereocenters. The van der Waals surface area contributed by atoms with Crippen molar-refractivity contribution >= 4 is 23.3 Å². The first kappa shape index (κ1) is 25.9. The number of nitrogens with two attached hydrogens (primary N) is 1. The van der Waals surface area contributed by atoms with Crippen molar-refractivity contribution in [2.24, 2.45) is 10.7 Å². The van der Waals surface area contributed by atoms with Crippen LogP contribution in [0.3, 0.4) is 0 Å². The van der Waals surface area contributed by atoms with E-state index in [1.54, 1.807) is 31.0 Å². The number of ketones is 1. The second-order valence-electron chi connectivity index (χ2n) is 9.33. The van der Waals surface area contributed by atoms with Gasteiger partial charge in [0, 0.05) is 35.5 Å². The summed E-state index contributed by atoms with van der Waals surface area (Å²) in [6.07, 6.45) is 3.76. The molecule has 0 bridgehead atoms. The number of hydrogen-bond acceptors (Lipinski definition) is 5. The van der Waals surface area contributed by atoms with E-state index >= 15 is 0 Å². The van der Waals surface area contributed by atoms with Gasteiger partial charge >= 0.3 is 6.09 Å². The van der Waals surface area contributed by atoms with Crippen LogP contribution in [0.25, 0.3) is 0 Å². The van der Waals surface area contributed by atoms with Gasteiger partial charge in [0.15, 0.2) is 5.78 Å². The molecule has 1 aliphatic carbocycles. The van der Waals surface area contributed by atoms with E-state index in [0.29, 0.717) is 11.3 Å². The van der Waals surface area contributed by atoms with Gasteiger partial charge in [-0.1, -0.05) is 73.5 Å². The normalized spacial score (nSPS) is 14.0. The quantitative estimate of drug-likeness (QED) is 0.226. The Morgan fingerprint density at radius 3 is 1.92 bits per heavy atom. The van der Waals surface area contributed by atoms with Gasteiger partial charge in [-0.05, 0) is 44.0 Å². The predicted octanol–water partition coefficient (Wildman–Crippen LogP) is 6.28. The van der Waals surface area contributed by atoms with E-state index in [9.17, 15) is 9.59 Å². The van der Waals surface area contributed by atoms with Crippen LogP contribution in [0, 0.1) is 0 Å². The minimum absolute atomic E-state index is 0.164. The number of ether oxygens (including phenoxy) is 1. The summed E-state index contributed by atoms with van der Waals surface area (Å²) in [7, 11) is 1.75. The van der Waals surface area contributed by atoms with Gasteiger partial charge in [0.25, 0.3) is 0 Å². The van der Waals surface area contributed by atoms with Gasteiger partial charge in [-0.25, -0.2) is 9.79 Å². The fourth-order valence-electron chi connectivity index (χ4n) is 4.51. The lowest BCUT2D eigenvalue weighted by molar-refractivity contribution is 0.0943. The summed E-state index contributed by atoms with van der Waals surface area (Å²) in [6.45, 7) is 1.48. The highest BCUT2D eigenvalue weighted by molar-refractivity contribution is 6.14. The molecule has 0 heterocycles. The average Bonchev–Trinajstić information content (AvgIpc) is 3.47. The minimum atomic E-state index is -0.433. The number of amides is 1. The third kappa shape index (κ3) is 6.53. The molecule has 6 nitrogen and oxygen atoms in total. The second-order valence-corrected chi connectivity index (χ2v) is 9.33. The van der Waals surface area contributed by atoms with Crippen LogP contribution < -0.4 is 5.73 Å². The van der Waals surface area contributed by atoms with Crippen LogP contribution in [0.4, 0.5) is 10.5 Å². The monoisotopic (exact) mass is 495 g/mol. The SMILES string of the molecule is C/C(N)=C(\COC(=O)N(C)C1CCCC1)C(=O)c1ccc(N=C(c2ccccc2)c2ccccc2)cc1. The largest absolute Gasteiger partial charge is 0.444 e. The molecule has 1 saturated carbocycles. The van der Waals surface area contributed by atoms with Crippen molar-refractivity contribution < 1.29 is 14.3 Å². The smallest absolute Gasteiger partial charge is 0.410 e. The van der Waals surface area contributed by atoms with Crippen molar-refractivity contribution in [3.63, 3.8) is 0 Å². The summed E-state index contributed by atoms with van der Waals surface area (Å²) in [5.74, 6) is -0.266. The molecule has 37 heavy (non-hydrogen) atoms. The van der Waals surface area contributed by atoms with Crippen molar-refractivity contribution in [1.82, 2.24) is 4.90 Å². The third-order valence-corrected chi connectivity index (χ3v) is 6.72. The first-order valence-corrected chi connectivity index (χ1v) is 12.6. The van der Waals surface area contributed by atoms with Gasteiger partial charge in [-0.2, -0.15) is 0 Å². The zero-order valence-electron chi connectivity index (χ0n) is 21.4. The number of carbonyl (C=O) groups is 2. The van der Waals surface area contributed by atoms with Crippen molar-refractivity contribution in [3.8, 4) is 0 Å². The van der Waals surface area contributed by atoms with E-state index in [1.165, 1.54) is 0 Å². The van der Waals surface area contributed by atoms with Crippen LogP contribution in [0.5, 0.6) is 0 Å². The van der Waals surface area contributed by atoms with Crippen molar-refractivity contribution in [3.05, 3.63) is 113 Å². The van der Waals surface area contributed by atoms with E-state index < -0.39 is 6.09 Å². The standard InChI is InChI=1S/C31H33N3O3/c1-22(32)28(21-37-31(36)34(2)27-15-9-10-16-27)30(35)25-17-19-26(20-18-25)33-29(23-11-5-3-6-12-23)24-13-7-4-8-14-24/h3-8,11-14,17-20,27H,9-10,15-16,21,32H2,1-2H3/b28-22-. The molecule has 0 radical (unpaired) electrons. The molecular weight excluding hydrogens is 462 g/mol. The Hall–Kier alpha value is -4.19. The zero-order chi connectivity index (χ0) is 26.2. The molecule has 4 rings (SSSR count). The molecule has 0 saturated heterocycles. The lowest BCUT2D eigenvalue weighted by Gasteiger charge is -2.23. The fourth-order valence-corrected chi connectivity index (χ4v) is 4.51. The van der Waals surface area contributed by atoms with Crippen molar-refractivity contribution in [2.75, 3.05) is 13.7 Å². The molecule has 0 atom stereocenters. The Morgan fingerprint density at radius 1 is 0.865 bits per heavy atom. The number of nitrogens with zero attached hydrogens (tertiary/aromatic N) is 2. The molecule has 0 aromatic heterocycles. The second kappa shape index (κ2) is 12.2. The maximum absolute atomic E-state index is 13.2.